The fraction of sp³-hybridized carbons (Fsp3) is 0. The van der Waals surface area contributed by atoms with Gasteiger partial charge in [0.2, 0.25) is 0 Å². The standard InChI is InChI=1S/C13H8FIN4O/c14-7-1-2-9-10(5-7)19(18-12(9)13(16)20)11-6-8(15)3-4-17-11/h1-6H,(H2,16,20). The SMILES string of the molecule is NC(=O)c1nn(-c2cc(I)ccn2)c2cc(F)ccc12. The maximum absolute atomic E-state index is 13.4. The van der Waals surface area contributed by atoms with Gasteiger partial charge in [0.05, 0.1) is 5.52 Å². The second-order valence-corrected chi connectivity index (χ2v) is 5.36. The van der Waals surface area contributed by atoms with Gasteiger partial charge < -0.3 is 5.73 Å². The Balaban J connectivity index is 2.35. The number of nitrogens with zero attached hydrogens (tertiary/aromatic N) is 3. The lowest BCUT2D eigenvalue weighted by atomic mass is 10.2. The number of benzene rings is 1. The normalized spacial score (nSPS) is 10.9. The summed E-state index contributed by atoms with van der Waals surface area (Å²) in [6.45, 7) is 0. The minimum Gasteiger partial charge on any atom is -0.364 e. The van der Waals surface area contributed by atoms with E-state index in [0.29, 0.717) is 16.7 Å². The van der Waals surface area contributed by atoms with E-state index in [9.17, 15) is 9.18 Å². The molecule has 1 aromatic carbocycles. The van der Waals surface area contributed by atoms with Gasteiger partial charge in [-0.15, -0.1) is 0 Å². The van der Waals surface area contributed by atoms with Gasteiger partial charge >= 0.3 is 0 Å². The van der Waals surface area contributed by atoms with Crippen LogP contribution in [0.1, 0.15) is 10.5 Å². The van der Waals surface area contributed by atoms with Crippen LogP contribution in [-0.4, -0.2) is 20.7 Å². The molecular weight excluding hydrogens is 374 g/mol. The Labute approximate surface area is 126 Å². The predicted molar refractivity (Wildman–Crippen MR) is 80.1 cm³/mol. The van der Waals surface area contributed by atoms with Crippen LogP contribution in [0.3, 0.4) is 0 Å². The minimum atomic E-state index is -0.661. The van der Waals surface area contributed by atoms with E-state index in [1.807, 2.05) is 6.07 Å². The highest BCUT2D eigenvalue weighted by Crippen LogP contribution is 2.22. The van der Waals surface area contributed by atoms with Crippen LogP contribution in [0.4, 0.5) is 4.39 Å². The molecule has 2 aromatic heterocycles. The van der Waals surface area contributed by atoms with Gasteiger partial charge in [-0.05, 0) is 46.9 Å². The summed E-state index contributed by atoms with van der Waals surface area (Å²) in [6, 6.07) is 7.66. The molecule has 0 aliphatic heterocycles. The number of carbonyl (C=O) groups is 1. The molecule has 0 fully saturated rings. The number of aromatic nitrogens is 3. The first-order chi connectivity index (χ1) is 9.56. The molecule has 20 heavy (non-hydrogen) atoms. The molecule has 0 saturated carbocycles. The van der Waals surface area contributed by atoms with Crippen LogP contribution in [0.2, 0.25) is 0 Å². The van der Waals surface area contributed by atoms with Crippen LogP contribution in [0.25, 0.3) is 16.7 Å². The Hall–Kier alpha value is -2.03. The molecule has 0 bridgehead atoms. The van der Waals surface area contributed by atoms with Crippen molar-refractivity contribution in [3.05, 3.63) is 51.6 Å². The van der Waals surface area contributed by atoms with Crippen LogP contribution >= 0.6 is 22.6 Å². The molecule has 3 rings (SSSR count). The molecule has 2 heterocycles. The number of rotatable bonds is 2. The Morgan fingerprint density at radius 1 is 1.30 bits per heavy atom. The average molecular weight is 382 g/mol. The molecule has 1 amide bonds. The van der Waals surface area contributed by atoms with Gasteiger partial charge in [-0.25, -0.2) is 14.1 Å². The second-order valence-electron chi connectivity index (χ2n) is 4.12. The summed E-state index contributed by atoms with van der Waals surface area (Å²) in [5, 5.41) is 4.65. The van der Waals surface area contributed by atoms with Crippen LogP contribution in [0, 0.1) is 9.39 Å². The monoisotopic (exact) mass is 382 g/mol. The zero-order valence-electron chi connectivity index (χ0n) is 10.0. The van der Waals surface area contributed by atoms with Gasteiger partial charge in [0.1, 0.15) is 5.82 Å². The summed E-state index contributed by atoms with van der Waals surface area (Å²) in [4.78, 5) is 15.6. The van der Waals surface area contributed by atoms with E-state index < -0.39 is 11.7 Å². The minimum absolute atomic E-state index is 0.0978. The summed E-state index contributed by atoms with van der Waals surface area (Å²) in [7, 11) is 0. The van der Waals surface area contributed by atoms with Crippen LogP contribution < -0.4 is 5.73 Å². The molecule has 100 valence electrons. The third-order valence-corrected chi connectivity index (χ3v) is 3.47. The van der Waals surface area contributed by atoms with Crippen molar-refractivity contribution in [3.8, 4) is 5.82 Å². The highest BCUT2D eigenvalue weighted by atomic mass is 127. The van der Waals surface area contributed by atoms with E-state index in [2.05, 4.69) is 32.7 Å². The van der Waals surface area contributed by atoms with Crippen molar-refractivity contribution in [1.82, 2.24) is 14.8 Å². The van der Waals surface area contributed by atoms with Gasteiger partial charge in [0.25, 0.3) is 5.91 Å². The summed E-state index contributed by atoms with van der Waals surface area (Å²) in [5.74, 6) is -0.578. The first-order valence-electron chi connectivity index (χ1n) is 5.66. The number of primary amides is 1. The summed E-state index contributed by atoms with van der Waals surface area (Å²) in [6.07, 6.45) is 1.62. The van der Waals surface area contributed by atoms with Gasteiger partial charge in [-0.3, -0.25) is 4.79 Å². The molecule has 0 aliphatic rings. The second kappa shape index (κ2) is 4.82. The average Bonchev–Trinajstić information content (AvgIpc) is 2.77. The van der Waals surface area contributed by atoms with Crippen LogP contribution in [-0.2, 0) is 0 Å². The van der Waals surface area contributed by atoms with E-state index in [4.69, 9.17) is 5.73 Å². The first-order valence-corrected chi connectivity index (χ1v) is 6.74. The Bertz CT molecular complexity index is 830. The number of hydrogen-bond acceptors (Lipinski definition) is 3. The number of pyridine rings is 1. The third-order valence-electron chi connectivity index (χ3n) is 2.80. The van der Waals surface area contributed by atoms with Gasteiger partial charge in [-0.2, -0.15) is 5.10 Å². The molecule has 3 aromatic rings. The van der Waals surface area contributed by atoms with E-state index in [1.54, 1.807) is 12.3 Å². The van der Waals surface area contributed by atoms with Crippen LogP contribution in [0.15, 0.2) is 36.5 Å². The van der Waals surface area contributed by atoms with E-state index in [0.717, 1.165) is 3.57 Å². The maximum Gasteiger partial charge on any atom is 0.269 e. The van der Waals surface area contributed by atoms with Crippen molar-refractivity contribution < 1.29 is 9.18 Å². The summed E-state index contributed by atoms with van der Waals surface area (Å²) >= 11 is 2.14. The number of fused-ring (bicyclic) bond motifs is 1. The molecule has 0 aliphatic carbocycles. The number of nitrogens with two attached hydrogens (primary N) is 1. The molecule has 2 N–H and O–H groups in total. The van der Waals surface area contributed by atoms with Crippen molar-refractivity contribution in [2.45, 2.75) is 0 Å². The van der Waals surface area contributed by atoms with E-state index >= 15 is 0 Å². The molecule has 0 radical (unpaired) electrons. The van der Waals surface area contributed by atoms with Crippen molar-refractivity contribution in [1.29, 1.82) is 0 Å². The number of carbonyl (C=O) groups excluding carboxylic acids is 1. The lowest BCUT2D eigenvalue weighted by Crippen LogP contribution is -2.12. The molecule has 7 heteroatoms. The van der Waals surface area contributed by atoms with Crippen molar-refractivity contribution in [2.75, 3.05) is 0 Å². The zero-order valence-corrected chi connectivity index (χ0v) is 12.2. The summed E-state index contributed by atoms with van der Waals surface area (Å²) < 4.78 is 15.8. The fourth-order valence-corrected chi connectivity index (χ4v) is 2.39. The van der Waals surface area contributed by atoms with Gasteiger partial charge in [0, 0.05) is 21.2 Å². The summed E-state index contributed by atoms with van der Waals surface area (Å²) in [5.41, 5.74) is 5.86. The van der Waals surface area contributed by atoms with Crippen molar-refractivity contribution in [2.24, 2.45) is 5.73 Å². The van der Waals surface area contributed by atoms with Gasteiger partial charge in [0.15, 0.2) is 11.5 Å². The van der Waals surface area contributed by atoms with Gasteiger partial charge in [-0.1, -0.05) is 0 Å². The molecular formula is C13H8FIN4O. The van der Waals surface area contributed by atoms with Crippen molar-refractivity contribution >= 4 is 39.4 Å². The quantitative estimate of drug-likeness (QED) is 0.692. The maximum atomic E-state index is 13.4. The topological polar surface area (TPSA) is 73.8 Å². The fourth-order valence-electron chi connectivity index (χ4n) is 1.95. The van der Waals surface area contributed by atoms with E-state index in [1.165, 1.54) is 22.9 Å². The zero-order chi connectivity index (χ0) is 14.3. The van der Waals surface area contributed by atoms with Crippen molar-refractivity contribution in [3.63, 3.8) is 0 Å². The Morgan fingerprint density at radius 2 is 2.10 bits per heavy atom. The molecule has 0 saturated heterocycles. The number of halogens is 2. The Morgan fingerprint density at radius 3 is 2.80 bits per heavy atom. The predicted octanol–water partition coefficient (Wildman–Crippen LogP) is 2.26. The lowest BCUT2D eigenvalue weighted by Gasteiger charge is -2.02. The lowest BCUT2D eigenvalue weighted by molar-refractivity contribution is 0.0996. The molecule has 0 unspecified atom stereocenters. The largest absolute Gasteiger partial charge is 0.364 e. The molecule has 0 atom stereocenters. The highest BCUT2D eigenvalue weighted by Gasteiger charge is 2.17. The smallest absolute Gasteiger partial charge is 0.269 e. The number of amides is 1. The molecule has 5 nitrogen and oxygen atoms in total. The number of hydrogen-bond donors (Lipinski definition) is 1. The van der Waals surface area contributed by atoms with Crippen LogP contribution in [0.5, 0.6) is 0 Å². The Kier molecular flexibility index (Phi) is 3.13. The highest BCUT2D eigenvalue weighted by molar-refractivity contribution is 14.1. The third kappa shape index (κ3) is 2.13. The van der Waals surface area contributed by atoms with E-state index in [-0.39, 0.29) is 5.69 Å². The first kappa shape index (κ1) is 13.0. The molecule has 0 spiro atoms.